The van der Waals surface area contributed by atoms with Crippen LogP contribution in [0, 0.1) is 6.92 Å². The normalized spacial score (nSPS) is 11.3. The number of para-hydroxylation sites is 1. The summed E-state index contributed by atoms with van der Waals surface area (Å²) in [5.74, 6) is -1.63. The lowest BCUT2D eigenvalue weighted by Gasteiger charge is -2.14. The lowest BCUT2D eigenvalue weighted by molar-refractivity contribution is -0.156. The Kier molecular flexibility index (Phi) is 6.93. The van der Waals surface area contributed by atoms with Gasteiger partial charge >= 0.3 is 5.97 Å². The molecular formula is C20H22N2O5. The molecule has 2 amide bonds. The fraction of sp³-hybridized carbons (Fsp3) is 0.250. The van der Waals surface area contributed by atoms with Gasteiger partial charge in [-0.15, -0.1) is 0 Å². The van der Waals surface area contributed by atoms with Gasteiger partial charge in [-0.3, -0.25) is 9.59 Å². The molecule has 0 aliphatic carbocycles. The Morgan fingerprint density at radius 1 is 1.07 bits per heavy atom. The third kappa shape index (κ3) is 6.14. The number of amides is 2. The first-order valence-electron chi connectivity index (χ1n) is 8.41. The summed E-state index contributed by atoms with van der Waals surface area (Å²) in [6, 6.07) is 14.0. The molecule has 7 nitrogen and oxygen atoms in total. The van der Waals surface area contributed by atoms with Crippen molar-refractivity contribution in [2.45, 2.75) is 26.5 Å². The highest BCUT2D eigenvalue weighted by Gasteiger charge is 2.18. The summed E-state index contributed by atoms with van der Waals surface area (Å²) in [6.07, 6.45) is -0.974. The lowest BCUT2D eigenvalue weighted by Crippen LogP contribution is -2.36. The van der Waals surface area contributed by atoms with E-state index in [1.54, 1.807) is 12.1 Å². The third-order valence-corrected chi connectivity index (χ3v) is 3.76. The van der Waals surface area contributed by atoms with Gasteiger partial charge in [-0.2, -0.15) is 0 Å². The highest BCUT2D eigenvalue weighted by Crippen LogP contribution is 2.17. The number of primary amides is 1. The maximum atomic E-state index is 12.0. The van der Waals surface area contributed by atoms with Gasteiger partial charge < -0.3 is 20.5 Å². The average Bonchev–Trinajstić information content (AvgIpc) is 2.65. The van der Waals surface area contributed by atoms with E-state index in [-0.39, 0.29) is 11.3 Å². The molecule has 3 N–H and O–H groups in total. The van der Waals surface area contributed by atoms with Gasteiger partial charge in [0.1, 0.15) is 5.75 Å². The van der Waals surface area contributed by atoms with Gasteiger partial charge in [0.2, 0.25) is 0 Å². The van der Waals surface area contributed by atoms with Crippen molar-refractivity contribution in [1.29, 1.82) is 0 Å². The van der Waals surface area contributed by atoms with Gasteiger partial charge in [0, 0.05) is 6.54 Å². The van der Waals surface area contributed by atoms with E-state index in [2.05, 4.69) is 5.32 Å². The van der Waals surface area contributed by atoms with E-state index in [4.69, 9.17) is 15.2 Å². The van der Waals surface area contributed by atoms with E-state index >= 15 is 0 Å². The first-order valence-corrected chi connectivity index (χ1v) is 8.41. The van der Waals surface area contributed by atoms with Crippen molar-refractivity contribution in [2.75, 3.05) is 6.61 Å². The summed E-state index contributed by atoms with van der Waals surface area (Å²) in [6.45, 7) is 3.34. The number of nitrogens with two attached hydrogens (primary N) is 1. The maximum absolute atomic E-state index is 12.0. The summed E-state index contributed by atoms with van der Waals surface area (Å²) in [5, 5.41) is 2.70. The Labute approximate surface area is 157 Å². The largest absolute Gasteiger partial charge is 0.481 e. The molecule has 0 aliphatic rings. The van der Waals surface area contributed by atoms with Crippen LogP contribution in [0.3, 0.4) is 0 Å². The molecule has 0 saturated carbocycles. The zero-order valence-electron chi connectivity index (χ0n) is 15.2. The van der Waals surface area contributed by atoms with Crippen molar-refractivity contribution in [2.24, 2.45) is 5.73 Å². The first-order chi connectivity index (χ1) is 12.9. The van der Waals surface area contributed by atoms with E-state index in [9.17, 15) is 14.4 Å². The predicted molar refractivity (Wildman–Crippen MR) is 99.0 cm³/mol. The standard InChI is InChI=1S/C20H22N2O5/c1-13-7-9-15(10-8-13)11-22-20(25)14(2)27-18(23)12-26-17-6-4-3-5-16(17)19(21)24/h3-10,14H,11-12H2,1-2H3,(H2,21,24)(H,22,25)/t14-/m1/s1. The molecule has 2 aromatic carbocycles. The van der Waals surface area contributed by atoms with Gasteiger partial charge in [0.25, 0.3) is 11.8 Å². The summed E-state index contributed by atoms with van der Waals surface area (Å²) in [5.41, 5.74) is 7.48. The topological polar surface area (TPSA) is 108 Å². The van der Waals surface area contributed by atoms with Crippen LogP contribution >= 0.6 is 0 Å². The van der Waals surface area contributed by atoms with E-state index in [0.29, 0.717) is 6.54 Å². The summed E-state index contributed by atoms with van der Waals surface area (Å²) >= 11 is 0. The van der Waals surface area contributed by atoms with Crippen LogP contribution in [0.1, 0.15) is 28.4 Å². The summed E-state index contributed by atoms with van der Waals surface area (Å²) < 4.78 is 10.3. The van der Waals surface area contributed by atoms with E-state index < -0.39 is 30.5 Å². The second-order valence-corrected chi connectivity index (χ2v) is 5.98. The SMILES string of the molecule is Cc1ccc(CNC(=O)[C@@H](C)OC(=O)COc2ccccc2C(N)=O)cc1. The molecule has 0 radical (unpaired) electrons. The van der Waals surface area contributed by atoms with Gasteiger partial charge in [-0.05, 0) is 31.5 Å². The molecule has 2 aromatic rings. The minimum absolute atomic E-state index is 0.161. The van der Waals surface area contributed by atoms with E-state index in [0.717, 1.165) is 11.1 Å². The van der Waals surface area contributed by atoms with Crippen molar-refractivity contribution in [3.8, 4) is 5.75 Å². The van der Waals surface area contributed by atoms with Crippen LogP contribution < -0.4 is 15.8 Å². The number of rotatable bonds is 8. The van der Waals surface area contributed by atoms with Gasteiger partial charge in [-0.1, -0.05) is 42.0 Å². The Morgan fingerprint density at radius 2 is 1.74 bits per heavy atom. The molecule has 2 rings (SSSR count). The second-order valence-electron chi connectivity index (χ2n) is 5.98. The van der Waals surface area contributed by atoms with Gasteiger partial charge in [0.05, 0.1) is 5.56 Å². The number of benzene rings is 2. The zero-order chi connectivity index (χ0) is 19.8. The third-order valence-electron chi connectivity index (χ3n) is 3.76. The molecule has 7 heteroatoms. The molecule has 0 unspecified atom stereocenters. The highest BCUT2D eigenvalue weighted by atomic mass is 16.6. The van der Waals surface area contributed by atoms with Crippen molar-refractivity contribution in [1.82, 2.24) is 5.32 Å². The van der Waals surface area contributed by atoms with Crippen LogP contribution in [0.2, 0.25) is 0 Å². The number of nitrogens with one attached hydrogen (secondary N) is 1. The summed E-state index contributed by atoms with van der Waals surface area (Å²) in [7, 11) is 0. The van der Waals surface area contributed by atoms with Crippen molar-refractivity contribution in [3.05, 3.63) is 65.2 Å². The minimum atomic E-state index is -0.974. The van der Waals surface area contributed by atoms with Crippen LogP contribution in [0.15, 0.2) is 48.5 Å². The molecule has 0 bridgehead atoms. The monoisotopic (exact) mass is 370 g/mol. The quantitative estimate of drug-likeness (QED) is 0.688. The number of aryl methyl sites for hydroxylation is 1. The number of carbonyl (C=O) groups is 3. The van der Waals surface area contributed by atoms with Gasteiger partial charge in [-0.25, -0.2) is 4.79 Å². The molecule has 0 aliphatic heterocycles. The van der Waals surface area contributed by atoms with E-state index in [1.165, 1.54) is 19.1 Å². The van der Waals surface area contributed by atoms with Gasteiger partial charge in [0.15, 0.2) is 12.7 Å². The zero-order valence-corrected chi connectivity index (χ0v) is 15.2. The maximum Gasteiger partial charge on any atom is 0.344 e. The van der Waals surface area contributed by atoms with Crippen LogP contribution in [0.5, 0.6) is 5.75 Å². The molecule has 27 heavy (non-hydrogen) atoms. The summed E-state index contributed by atoms with van der Waals surface area (Å²) in [4.78, 5) is 35.2. The molecule has 0 spiro atoms. The Morgan fingerprint density at radius 3 is 2.41 bits per heavy atom. The van der Waals surface area contributed by atoms with Crippen molar-refractivity contribution in [3.63, 3.8) is 0 Å². The first kappa shape index (κ1) is 20.0. The molecule has 1 atom stereocenters. The fourth-order valence-corrected chi connectivity index (χ4v) is 2.26. The molecular weight excluding hydrogens is 348 g/mol. The average molecular weight is 370 g/mol. The Balaban J connectivity index is 1.80. The number of hydrogen-bond acceptors (Lipinski definition) is 5. The van der Waals surface area contributed by atoms with Crippen molar-refractivity contribution < 1.29 is 23.9 Å². The Hall–Kier alpha value is -3.35. The van der Waals surface area contributed by atoms with Crippen molar-refractivity contribution >= 4 is 17.8 Å². The number of carbonyl (C=O) groups excluding carboxylic acids is 3. The number of hydrogen-bond donors (Lipinski definition) is 2. The smallest absolute Gasteiger partial charge is 0.344 e. The fourth-order valence-electron chi connectivity index (χ4n) is 2.26. The molecule has 0 fully saturated rings. The second kappa shape index (κ2) is 9.38. The highest BCUT2D eigenvalue weighted by molar-refractivity contribution is 5.95. The Bertz CT molecular complexity index is 817. The molecule has 0 saturated heterocycles. The lowest BCUT2D eigenvalue weighted by atomic mass is 10.1. The van der Waals surface area contributed by atoms with Crippen LogP contribution in [-0.4, -0.2) is 30.5 Å². The molecule has 0 heterocycles. The van der Waals surface area contributed by atoms with Crippen LogP contribution in [0.4, 0.5) is 0 Å². The minimum Gasteiger partial charge on any atom is -0.481 e. The predicted octanol–water partition coefficient (Wildman–Crippen LogP) is 1.72. The van der Waals surface area contributed by atoms with Crippen LogP contribution in [-0.2, 0) is 20.9 Å². The number of esters is 1. The molecule has 142 valence electrons. The van der Waals surface area contributed by atoms with E-state index in [1.807, 2.05) is 31.2 Å². The number of ether oxygens (including phenoxy) is 2. The van der Waals surface area contributed by atoms with Crippen LogP contribution in [0.25, 0.3) is 0 Å². The molecule has 0 aromatic heterocycles.